The lowest BCUT2D eigenvalue weighted by Gasteiger charge is -2.45. The van der Waals surface area contributed by atoms with Gasteiger partial charge in [-0.05, 0) is 43.9 Å². The van der Waals surface area contributed by atoms with E-state index in [1.165, 1.54) is 18.2 Å². The van der Waals surface area contributed by atoms with Gasteiger partial charge < -0.3 is 9.84 Å². The molecular formula is C15H16F4O2. The minimum Gasteiger partial charge on any atom is -0.487 e. The topological polar surface area (TPSA) is 29.5 Å². The molecule has 1 aromatic carbocycles. The van der Waals surface area contributed by atoms with Gasteiger partial charge in [0.15, 0.2) is 0 Å². The number of ether oxygens (including phenoxy) is 1. The molecule has 1 N–H and O–H groups in total. The molecule has 2 nitrogen and oxygen atoms in total. The fourth-order valence-corrected chi connectivity index (χ4v) is 3.49. The summed E-state index contributed by atoms with van der Waals surface area (Å²) in [4.78, 5) is 0. The van der Waals surface area contributed by atoms with Gasteiger partial charge in [-0.25, -0.2) is 4.39 Å². The second-order valence-corrected chi connectivity index (χ2v) is 6.02. The third-order valence-corrected chi connectivity index (χ3v) is 4.49. The second-order valence-electron chi connectivity index (χ2n) is 6.02. The van der Waals surface area contributed by atoms with Crippen molar-refractivity contribution >= 4 is 0 Å². The van der Waals surface area contributed by atoms with Crippen LogP contribution in [0.2, 0.25) is 0 Å². The highest BCUT2D eigenvalue weighted by Crippen LogP contribution is 2.50. The summed E-state index contributed by atoms with van der Waals surface area (Å²) in [6.07, 6.45) is -4.32. The van der Waals surface area contributed by atoms with Crippen LogP contribution in [-0.2, 0) is 0 Å². The van der Waals surface area contributed by atoms with Crippen molar-refractivity contribution in [2.45, 2.75) is 50.0 Å². The van der Waals surface area contributed by atoms with Crippen molar-refractivity contribution in [3.63, 3.8) is 0 Å². The lowest BCUT2D eigenvalue weighted by molar-refractivity contribution is -0.201. The van der Waals surface area contributed by atoms with Gasteiger partial charge in [-0.1, -0.05) is 0 Å². The molecule has 2 unspecified atom stereocenters. The zero-order chi connectivity index (χ0) is 15.3. The van der Waals surface area contributed by atoms with Crippen molar-refractivity contribution in [2.24, 2.45) is 5.92 Å². The molecule has 1 spiro atoms. The molecule has 1 aliphatic carbocycles. The predicted molar refractivity (Wildman–Crippen MR) is 67.3 cm³/mol. The smallest absolute Gasteiger partial charge is 0.391 e. The molecule has 3 atom stereocenters. The highest BCUT2D eigenvalue weighted by Gasteiger charge is 2.51. The van der Waals surface area contributed by atoms with Crippen LogP contribution >= 0.6 is 0 Å². The van der Waals surface area contributed by atoms with Crippen molar-refractivity contribution in [3.8, 4) is 5.75 Å². The number of rotatable bonds is 0. The number of hydrogen-bond donors (Lipinski definition) is 1. The molecule has 21 heavy (non-hydrogen) atoms. The first kappa shape index (κ1) is 14.6. The Morgan fingerprint density at radius 1 is 1.24 bits per heavy atom. The molecule has 2 aliphatic rings. The highest BCUT2D eigenvalue weighted by molar-refractivity contribution is 5.38. The summed E-state index contributed by atoms with van der Waals surface area (Å²) in [5.41, 5.74) is -0.683. The Balaban J connectivity index is 1.89. The molecule has 0 amide bonds. The van der Waals surface area contributed by atoms with Gasteiger partial charge in [0.1, 0.15) is 17.2 Å². The van der Waals surface area contributed by atoms with Crippen LogP contribution in [0.5, 0.6) is 5.75 Å². The molecule has 1 saturated carbocycles. The van der Waals surface area contributed by atoms with Gasteiger partial charge >= 0.3 is 6.18 Å². The summed E-state index contributed by atoms with van der Waals surface area (Å²) in [7, 11) is 0. The SMILES string of the molecule is O[C@@H]1CC2(CCCC(C(F)(F)F)C2)Oc2ccc(F)cc21. The molecule has 0 bridgehead atoms. The quantitative estimate of drug-likeness (QED) is 0.730. The van der Waals surface area contributed by atoms with Crippen LogP contribution < -0.4 is 4.74 Å². The van der Waals surface area contributed by atoms with Crippen LogP contribution in [0.25, 0.3) is 0 Å². The average Bonchev–Trinajstić information content (AvgIpc) is 2.39. The van der Waals surface area contributed by atoms with Crippen LogP contribution in [0.15, 0.2) is 18.2 Å². The Bertz CT molecular complexity index is 543. The fraction of sp³-hybridized carbons (Fsp3) is 0.600. The minimum absolute atomic E-state index is 0.0794. The van der Waals surface area contributed by atoms with Crippen LogP contribution in [-0.4, -0.2) is 16.9 Å². The van der Waals surface area contributed by atoms with Gasteiger partial charge in [0.05, 0.1) is 12.0 Å². The maximum atomic E-state index is 13.2. The molecular weight excluding hydrogens is 288 g/mol. The van der Waals surface area contributed by atoms with Gasteiger partial charge in [0.2, 0.25) is 0 Å². The van der Waals surface area contributed by atoms with Gasteiger partial charge in [-0.2, -0.15) is 13.2 Å². The predicted octanol–water partition coefficient (Wildman–Crippen LogP) is 4.13. The van der Waals surface area contributed by atoms with Crippen molar-refractivity contribution in [2.75, 3.05) is 0 Å². The van der Waals surface area contributed by atoms with Crippen molar-refractivity contribution < 1.29 is 27.4 Å². The molecule has 1 aliphatic heterocycles. The Morgan fingerprint density at radius 3 is 2.71 bits per heavy atom. The minimum atomic E-state index is -4.25. The van der Waals surface area contributed by atoms with Crippen LogP contribution in [0.1, 0.15) is 43.8 Å². The van der Waals surface area contributed by atoms with Crippen LogP contribution in [0.4, 0.5) is 17.6 Å². The van der Waals surface area contributed by atoms with Crippen LogP contribution in [0.3, 0.4) is 0 Å². The molecule has 6 heteroatoms. The van der Waals surface area contributed by atoms with Gasteiger partial charge in [-0.3, -0.25) is 0 Å². The number of benzene rings is 1. The monoisotopic (exact) mass is 304 g/mol. The average molecular weight is 304 g/mol. The van der Waals surface area contributed by atoms with E-state index in [2.05, 4.69) is 0 Å². The zero-order valence-electron chi connectivity index (χ0n) is 11.3. The standard InChI is InChI=1S/C15H16F4O2/c16-10-3-4-13-11(6-10)12(20)8-14(21-13)5-1-2-9(7-14)15(17,18)19/h3-4,6,9,12,20H,1-2,5,7-8H2/t9?,12-,14?/m1/s1. The zero-order valence-corrected chi connectivity index (χ0v) is 11.3. The second kappa shape index (κ2) is 4.87. The summed E-state index contributed by atoms with van der Waals surface area (Å²) in [6.45, 7) is 0. The van der Waals surface area contributed by atoms with Crippen molar-refractivity contribution in [1.29, 1.82) is 0 Å². The van der Waals surface area contributed by atoms with E-state index < -0.39 is 29.6 Å². The normalized spacial score (nSPS) is 32.6. The first-order chi connectivity index (χ1) is 9.79. The number of fused-ring (bicyclic) bond motifs is 1. The summed E-state index contributed by atoms with van der Waals surface area (Å²) < 4.78 is 57.9. The largest absolute Gasteiger partial charge is 0.487 e. The molecule has 1 heterocycles. The summed E-state index contributed by atoms with van der Waals surface area (Å²) in [5.74, 6) is -1.61. The number of halogens is 4. The summed E-state index contributed by atoms with van der Waals surface area (Å²) in [5, 5.41) is 10.2. The lowest BCUT2D eigenvalue weighted by Crippen LogP contribution is -2.47. The molecule has 0 aromatic heterocycles. The summed E-state index contributed by atoms with van der Waals surface area (Å²) >= 11 is 0. The number of alkyl halides is 3. The Hall–Kier alpha value is -1.30. The van der Waals surface area contributed by atoms with Gasteiger partial charge in [0, 0.05) is 12.0 Å². The molecule has 0 radical (unpaired) electrons. The third kappa shape index (κ3) is 2.73. The van der Waals surface area contributed by atoms with E-state index in [0.29, 0.717) is 18.4 Å². The molecule has 3 rings (SSSR count). The number of hydrogen-bond acceptors (Lipinski definition) is 2. The van der Waals surface area contributed by atoms with E-state index in [1.54, 1.807) is 0 Å². The first-order valence-corrected chi connectivity index (χ1v) is 7.02. The molecule has 116 valence electrons. The van der Waals surface area contributed by atoms with Gasteiger partial charge in [-0.15, -0.1) is 0 Å². The number of aliphatic hydroxyl groups excluding tert-OH is 1. The van der Waals surface area contributed by atoms with E-state index in [9.17, 15) is 22.7 Å². The Morgan fingerprint density at radius 2 is 2.00 bits per heavy atom. The number of aliphatic hydroxyl groups is 1. The molecule has 1 fully saturated rings. The lowest BCUT2D eigenvalue weighted by atomic mass is 9.73. The van der Waals surface area contributed by atoms with Crippen molar-refractivity contribution in [1.82, 2.24) is 0 Å². The molecule has 1 aromatic rings. The van der Waals surface area contributed by atoms with Gasteiger partial charge in [0.25, 0.3) is 0 Å². The fourth-order valence-electron chi connectivity index (χ4n) is 3.49. The Kier molecular flexibility index (Phi) is 3.39. The van der Waals surface area contributed by atoms with Crippen molar-refractivity contribution in [3.05, 3.63) is 29.6 Å². The van der Waals surface area contributed by atoms with E-state index >= 15 is 0 Å². The van der Waals surface area contributed by atoms with Crippen LogP contribution in [0, 0.1) is 11.7 Å². The summed E-state index contributed by atoms with van der Waals surface area (Å²) in [6, 6.07) is 3.75. The Labute approximate surface area is 119 Å². The maximum Gasteiger partial charge on any atom is 0.391 e. The van der Waals surface area contributed by atoms with E-state index in [1.807, 2.05) is 0 Å². The van der Waals surface area contributed by atoms with E-state index in [4.69, 9.17) is 4.74 Å². The van der Waals surface area contributed by atoms with E-state index in [-0.39, 0.29) is 25.0 Å². The van der Waals surface area contributed by atoms with E-state index in [0.717, 1.165) is 0 Å². The molecule has 0 saturated heterocycles. The maximum absolute atomic E-state index is 13.2. The first-order valence-electron chi connectivity index (χ1n) is 7.02. The third-order valence-electron chi connectivity index (χ3n) is 4.49. The highest BCUT2D eigenvalue weighted by atomic mass is 19.4.